The summed E-state index contributed by atoms with van der Waals surface area (Å²) in [6.07, 6.45) is 2.23. The largest absolute Gasteiger partial charge is 0.298 e. The van der Waals surface area contributed by atoms with Crippen LogP contribution in [-0.2, 0) is 14.6 Å². The molecule has 1 aliphatic heterocycles. The van der Waals surface area contributed by atoms with E-state index in [2.05, 4.69) is 6.58 Å². The highest BCUT2D eigenvalue weighted by atomic mass is 32.2. The van der Waals surface area contributed by atoms with Crippen molar-refractivity contribution in [2.45, 2.75) is 37.9 Å². The molecule has 0 bridgehead atoms. The van der Waals surface area contributed by atoms with Gasteiger partial charge in [0.1, 0.15) is 5.25 Å². The maximum absolute atomic E-state index is 11.6. The minimum Gasteiger partial charge on any atom is -0.298 e. The molecule has 0 radical (unpaired) electrons. The number of hydrogen-bond donors (Lipinski definition) is 0. The fraction of sp³-hybridized carbons (Fsp3) is 0.700. The van der Waals surface area contributed by atoms with Gasteiger partial charge in [-0.25, -0.2) is 8.42 Å². The van der Waals surface area contributed by atoms with Crippen molar-refractivity contribution in [3.05, 3.63) is 12.2 Å². The van der Waals surface area contributed by atoms with Crippen molar-refractivity contribution in [2.24, 2.45) is 0 Å². The topological polar surface area (TPSA) is 51.2 Å². The van der Waals surface area contributed by atoms with Crippen LogP contribution < -0.4 is 0 Å². The lowest BCUT2D eigenvalue weighted by molar-refractivity contribution is -0.118. The van der Waals surface area contributed by atoms with Crippen LogP contribution >= 0.6 is 0 Å². The number of Topliss-reactive ketones (excluding diaryl/α,β-unsaturated/α-hetero) is 1. The highest BCUT2D eigenvalue weighted by Gasteiger charge is 2.33. The molecule has 0 saturated carbocycles. The van der Waals surface area contributed by atoms with Crippen molar-refractivity contribution in [2.75, 3.05) is 5.75 Å². The van der Waals surface area contributed by atoms with Crippen LogP contribution in [0.3, 0.4) is 0 Å². The summed E-state index contributed by atoms with van der Waals surface area (Å²) in [5.74, 6) is -0.0169. The SMILES string of the molecule is C=C(C)CC(=O)C1CCCCS1(=O)=O. The monoisotopic (exact) mass is 216 g/mol. The zero-order valence-electron chi connectivity index (χ0n) is 8.45. The van der Waals surface area contributed by atoms with E-state index in [9.17, 15) is 13.2 Å². The molecule has 1 fully saturated rings. The van der Waals surface area contributed by atoms with E-state index in [1.54, 1.807) is 6.92 Å². The standard InChI is InChI=1S/C10H16O3S/c1-8(2)7-9(11)10-5-3-4-6-14(10,12)13/h10H,1,3-7H2,2H3. The predicted molar refractivity (Wildman–Crippen MR) is 55.9 cm³/mol. The first kappa shape index (κ1) is 11.4. The summed E-state index contributed by atoms with van der Waals surface area (Å²) >= 11 is 0. The Morgan fingerprint density at radius 3 is 2.57 bits per heavy atom. The van der Waals surface area contributed by atoms with E-state index in [0.717, 1.165) is 12.0 Å². The summed E-state index contributed by atoms with van der Waals surface area (Å²) in [6, 6.07) is 0. The lowest BCUT2D eigenvalue weighted by Crippen LogP contribution is -2.35. The van der Waals surface area contributed by atoms with E-state index in [0.29, 0.717) is 12.8 Å². The molecule has 0 aliphatic carbocycles. The first-order valence-electron chi connectivity index (χ1n) is 4.82. The molecule has 0 spiro atoms. The van der Waals surface area contributed by atoms with Gasteiger partial charge in [-0.2, -0.15) is 0 Å². The van der Waals surface area contributed by atoms with Gasteiger partial charge in [-0.15, -0.1) is 0 Å². The lowest BCUT2D eigenvalue weighted by atomic mass is 10.1. The summed E-state index contributed by atoms with van der Waals surface area (Å²) in [7, 11) is -3.16. The number of carbonyl (C=O) groups excluding carboxylic acids is 1. The van der Waals surface area contributed by atoms with Crippen LogP contribution in [0.5, 0.6) is 0 Å². The van der Waals surface area contributed by atoms with Crippen LogP contribution in [0.15, 0.2) is 12.2 Å². The fourth-order valence-electron chi connectivity index (χ4n) is 1.73. The van der Waals surface area contributed by atoms with E-state index in [4.69, 9.17) is 0 Å². The molecule has 1 rings (SSSR count). The first-order valence-corrected chi connectivity index (χ1v) is 6.53. The highest BCUT2D eigenvalue weighted by Crippen LogP contribution is 2.22. The summed E-state index contributed by atoms with van der Waals surface area (Å²) < 4.78 is 23.1. The van der Waals surface area contributed by atoms with Crippen LogP contribution in [0.4, 0.5) is 0 Å². The van der Waals surface area contributed by atoms with Crippen LogP contribution in [0.1, 0.15) is 32.6 Å². The average molecular weight is 216 g/mol. The maximum atomic E-state index is 11.6. The molecule has 14 heavy (non-hydrogen) atoms. The minimum absolute atomic E-state index is 0.166. The number of carbonyl (C=O) groups is 1. The molecule has 0 N–H and O–H groups in total. The smallest absolute Gasteiger partial charge is 0.160 e. The van der Waals surface area contributed by atoms with Crippen molar-refractivity contribution in [1.82, 2.24) is 0 Å². The molecule has 1 aliphatic rings. The quantitative estimate of drug-likeness (QED) is 0.672. The third-order valence-corrected chi connectivity index (χ3v) is 4.64. The summed E-state index contributed by atoms with van der Waals surface area (Å²) in [4.78, 5) is 11.6. The molecule has 80 valence electrons. The molecular weight excluding hydrogens is 200 g/mol. The summed E-state index contributed by atoms with van der Waals surface area (Å²) in [6.45, 7) is 5.37. The van der Waals surface area contributed by atoms with Crippen molar-refractivity contribution < 1.29 is 13.2 Å². The second kappa shape index (κ2) is 4.26. The number of sulfone groups is 1. The van der Waals surface area contributed by atoms with Gasteiger partial charge in [0.05, 0.1) is 5.75 Å². The van der Waals surface area contributed by atoms with Gasteiger partial charge >= 0.3 is 0 Å². The van der Waals surface area contributed by atoms with E-state index in [1.807, 2.05) is 0 Å². The Balaban J connectivity index is 2.75. The Morgan fingerprint density at radius 1 is 1.43 bits per heavy atom. The molecule has 0 amide bonds. The lowest BCUT2D eigenvalue weighted by Gasteiger charge is -2.20. The molecular formula is C10H16O3S. The van der Waals surface area contributed by atoms with Crippen molar-refractivity contribution in [1.29, 1.82) is 0 Å². The van der Waals surface area contributed by atoms with E-state index < -0.39 is 15.1 Å². The Labute approximate surface area is 85.1 Å². The van der Waals surface area contributed by atoms with Gasteiger partial charge < -0.3 is 0 Å². The van der Waals surface area contributed by atoms with Gasteiger partial charge in [-0.05, 0) is 19.8 Å². The van der Waals surface area contributed by atoms with Gasteiger partial charge in [0, 0.05) is 6.42 Å². The number of allylic oxidation sites excluding steroid dienone is 1. The predicted octanol–water partition coefficient (Wildman–Crippen LogP) is 1.49. The van der Waals surface area contributed by atoms with Crippen molar-refractivity contribution in [3.63, 3.8) is 0 Å². The Kier molecular flexibility index (Phi) is 3.48. The van der Waals surface area contributed by atoms with Crippen molar-refractivity contribution >= 4 is 15.6 Å². The Morgan fingerprint density at radius 2 is 2.07 bits per heavy atom. The Hall–Kier alpha value is -0.640. The first-order chi connectivity index (χ1) is 6.43. The second-order valence-corrected chi connectivity index (χ2v) is 6.25. The molecule has 0 aromatic rings. The van der Waals surface area contributed by atoms with Crippen LogP contribution in [0, 0.1) is 0 Å². The second-order valence-electron chi connectivity index (χ2n) is 3.95. The van der Waals surface area contributed by atoms with E-state index in [1.165, 1.54) is 0 Å². The maximum Gasteiger partial charge on any atom is 0.160 e. The van der Waals surface area contributed by atoms with Crippen LogP contribution in [0.2, 0.25) is 0 Å². The Bertz CT molecular complexity index is 340. The molecule has 0 aromatic heterocycles. The number of rotatable bonds is 3. The number of ketones is 1. The summed E-state index contributed by atoms with van der Waals surface area (Å²) in [5.41, 5.74) is 0.732. The zero-order chi connectivity index (χ0) is 10.8. The number of hydrogen-bond acceptors (Lipinski definition) is 3. The fourth-order valence-corrected chi connectivity index (χ4v) is 3.63. The van der Waals surface area contributed by atoms with E-state index in [-0.39, 0.29) is 18.0 Å². The molecule has 1 unspecified atom stereocenters. The average Bonchev–Trinajstić information content (AvgIpc) is 2.01. The van der Waals surface area contributed by atoms with Crippen LogP contribution in [0.25, 0.3) is 0 Å². The minimum atomic E-state index is -3.16. The zero-order valence-corrected chi connectivity index (χ0v) is 9.27. The molecule has 3 nitrogen and oxygen atoms in total. The van der Waals surface area contributed by atoms with Crippen molar-refractivity contribution in [3.8, 4) is 0 Å². The molecule has 1 saturated heterocycles. The van der Waals surface area contributed by atoms with Gasteiger partial charge in [-0.3, -0.25) is 4.79 Å². The van der Waals surface area contributed by atoms with E-state index >= 15 is 0 Å². The normalized spacial score (nSPS) is 25.6. The highest BCUT2D eigenvalue weighted by molar-refractivity contribution is 7.92. The molecule has 1 heterocycles. The van der Waals surface area contributed by atoms with Gasteiger partial charge in [0.25, 0.3) is 0 Å². The summed E-state index contributed by atoms with van der Waals surface area (Å²) in [5, 5.41) is -0.757. The molecule has 1 atom stereocenters. The third-order valence-electron chi connectivity index (χ3n) is 2.41. The molecule has 4 heteroatoms. The van der Waals surface area contributed by atoms with Crippen LogP contribution in [-0.4, -0.2) is 25.2 Å². The van der Waals surface area contributed by atoms with Gasteiger partial charge in [0.15, 0.2) is 15.6 Å². The third kappa shape index (κ3) is 2.67. The van der Waals surface area contributed by atoms with Gasteiger partial charge in [0.2, 0.25) is 0 Å². The van der Waals surface area contributed by atoms with Gasteiger partial charge in [-0.1, -0.05) is 18.6 Å². The molecule has 0 aromatic carbocycles.